The van der Waals surface area contributed by atoms with Crippen LogP contribution in [-0.4, -0.2) is 18.1 Å². The van der Waals surface area contributed by atoms with Crippen molar-refractivity contribution in [3.05, 3.63) is 0 Å². The van der Waals surface area contributed by atoms with Crippen LogP contribution < -0.4 is 5.73 Å². The summed E-state index contributed by atoms with van der Waals surface area (Å²) in [7, 11) is 0. The molecule has 2 aliphatic rings. The first-order valence-electron chi connectivity index (χ1n) is 5.15. The van der Waals surface area contributed by atoms with Crippen molar-refractivity contribution in [1.82, 2.24) is 0 Å². The zero-order chi connectivity index (χ0) is 9.31. The summed E-state index contributed by atoms with van der Waals surface area (Å²) < 4.78 is 5.76. The second-order valence-corrected chi connectivity index (χ2v) is 4.31. The Morgan fingerprint density at radius 2 is 2.00 bits per heavy atom. The van der Waals surface area contributed by atoms with Crippen LogP contribution in [0.3, 0.4) is 0 Å². The fourth-order valence-electron chi connectivity index (χ4n) is 2.58. The molecule has 1 amide bonds. The van der Waals surface area contributed by atoms with Gasteiger partial charge in [-0.1, -0.05) is 0 Å². The number of amides is 1. The number of rotatable bonds is 1. The second-order valence-electron chi connectivity index (χ2n) is 4.31. The fraction of sp³-hybridized carbons (Fsp3) is 0.900. The molecule has 0 aromatic rings. The number of ether oxygens (including phenoxy) is 1. The third kappa shape index (κ3) is 1.70. The third-order valence-electron chi connectivity index (χ3n) is 3.48. The molecule has 0 aromatic carbocycles. The second kappa shape index (κ2) is 3.29. The Kier molecular flexibility index (Phi) is 2.28. The van der Waals surface area contributed by atoms with E-state index in [2.05, 4.69) is 0 Å². The summed E-state index contributed by atoms with van der Waals surface area (Å²) >= 11 is 0. The van der Waals surface area contributed by atoms with Gasteiger partial charge in [-0.15, -0.1) is 0 Å². The van der Waals surface area contributed by atoms with E-state index in [-0.39, 0.29) is 17.4 Å². The summed E-state index contributed by atoms with van der Waals surface area (Å²) in [6.45, 7) is 0.904. The third-order valence-corrected chi connectivity index (χ3v) is 3.48. The Balaban J connectivity index is 1.91. The lowest BCUT2D eigenvalue weighted by Crippen LogP contribution is -2.37. The molecule has 1 aliphatic carbocycles. The van der Waals surface area contributed by atoms with Gasteiger partial charge in [0.2, 0.25) is 5.91 Å². The number of carbonyl (C=O) groups excluding carboxylic acids is 1. The van der Waals surface area contributed by atoms with Crippen LogP contribution in [-0.2, 0) is 9.53 Å². The van der Waals surface area contributed by atoms with Gasteiger partial charge in [-0.05, 0) is 38.5 Å². The molecular weight excluding hydrogens is 166 g/mol. The van der Waals surface area contributed by atoms with Crippen LogP contribution in [0, 0.1) is 5.92 Å². The average molecular weight is 183 g/mol. The van der Waals surface area contributed by atoms with E-state index in [0.29, 0.717) is 0 Å². The predicted molar refractivity (Wildman–Crippen MR) is 49.1 cm³/mol. The number of carbonyl (C=O) groups is 1. The van der Waals surface area contributed by atoms with Gasteiger partial charge in [0, 0.05) is 12.5 Å². The lowest BCUT2D eigenvalue weighted by Gasteiger charge is -2.35. The van der Waals surface area contributed by atoms with E-state index in [9.17, 15) is 4.79 Å². The molecule has 3 nitrogen and oxygen atoms in total. The normalized spacial score (nSPS) is 39.5. The molecule has 0 unspecified atom stereocenters. The first-order valence-corrected chi connectivity index (χ1v) is 5.15. The van der Waals surface area contributed by atoms with E-state index in [1.54, 1.807) is 0 Å². The predicted octanol–water partition coefficient (Wildman–Crippen LogP) is 1.21. The summed E-state index contributed by atoms with van der Waals surface area (Å²) in [6.07, 6.45) is 6.27. The fourth-order valence-corrected chi connectivity index (χ4v) is 2.58. The van der Waals surface area contributed by atoms with E-state index >= 15 is 0 Å². The summed E-state index contributed by atoms with van der Waals surface area (Å²) in [5, 5.41) is 0. The lowest BCUT2D eigenvalue weighted by atomic mass is 9.77. The molecule has 1 aliphatic heterocycles. The topological polar surface area (TPSA) is 52.3 Å². The minimum Gasteiger partial charge on any atom is -0.375 e. The van der Waals surface area contributed by atoms with Crippen molar-refractivity contribution >= 4 is 5.91 Å². The van der Waals surface area contributed by atoms with E-state index in [1.807, 2.05) is 0 Å². The van der Waals surface area contributed by atoms with Gasteiger partial charge in [-0.2, -0.15) is 0 Å². The first kappa shape index (κ1) is 9.00. The molecule has 1 saturated carbocycles. The maximum Gasteiger partial charge on any atom is 0.220 e. The van der Waals surface area contributed by atoms with Crippen molar-refractivity contribution in [2.45, 2.75) is 44.1 Å². The van der Waals surface area contributed by atoms with Crippen LogP contribution >= 0.6 is 0 Å². The van der Waals surface area contributed by atoms with E-state index in [0.717, 1.165) is 32.3 Å². The van der Waals surface area contributed by atoms with Gasteiger partial charge in [0.15, 0.2) is 0 Å². The molecule has 1 heterocycles. The highest BCUT2D eigenvalue weighted by molar-refractivity contribution is 5.76. The molecule has 3 heteroatoms. The Bertz CT molecular complexity index is 199. The maximum atomic E-state index is 10.9. The van der Waals surface area contributed by atoms with Crippen LogP contribution in [0.2, 0.25) is 0 Å². The van der Waals surface area contributed by atoms with Crippen molar-refractivity contribution in [3.8, 4) is 0 Å². The Morgan fingerprint density at radius 1 is 1.31 bits per heavy atom. The summed E-state index contributed by atoms with van der Waals surface area (Å²) in [6, 6.07) is 0. The van der Waals surface area contributed by atoms with Crippen LogP contribution in [0.15, 0.2) is 0 Å². The molecule has 1 saturated heterocycles. The Labute approximate surface area is 78.6 Å². The Hall–Kier alpha value is -0.570. The smallest absolute Gasteiger partial charge is 0.220 e. The molecule has 13 heavy (non-hydrogen) atoms. The standard InChI is InChI=1S/C10H17NO2/c11-9(12)8-2-5-10(6-3-8)4-1-7-13-10/h8H,1-7H2,(H2,11,12). The highest BCUT2D eigenvalue weighted by Crippen LogP contribution is 2.41. The van der Waals surface area contributed by atoms with Gasteiger partial charge >= 0.3 is 0 Å². The minimum atomic E-state index is -0.132. The molecular formula is C10H17NO2. The number of nitrogens with two attached hydrogens (primary N) is 1. The quantitative estimate of drug-likeness (QED) is 0.664. The van der Waals surface area contributed by atoms with Crippen molar-refractivity contribution in [2.24, 2.45) is 11.7 Å². The van der Waals surface area contributed by atoms with Gasteiger partial charge in [0.05, 0.1) is 5.60 Å². The molecule has 0 radical (unpaired) electrons. The van der Waals surface area contributed by atoms with Crippen LogP contribution in [0.1, 0.15) is 38.5 Å². The van der Waals surface area contributed by atoms with Crippen molar-refractivity contribution in [1.29, 1.82) is 0 Å². The molecule has 74 valence electrons. The number of hydrogen-bond acceptors (Lipinski definition) is 2. The highest BCUT2D eigenvalue weighted by Gasteiger charge is 2.39. The van der Waals surface area contributed by atoms with E-state index in [4.69, 9.17) is 10.5 Å². The van der Waals surface area contributed by atoms with Gasteiger partial charge in [-0.25, -0.2) is 0 Å². The maximum absolute atomic E-state index is 10.9. The number of primary amides is 1. The molecule has 2 rings (SSSR count). The van der Waals surface area contributed by atoms with Crippen LogP contribution in [0.5, 0.6) is 0 Å². The van der Waals surface area contributed by atoms with Crippen molar-refractivity contribution in [2.75, 3.05) is 6.61 Å². The monoisotopic (exact) mass is 183 g/mol. The Morgan fingerprint density at radius 3 is 2.46 bits per heavy atom. The summed E-state index contributed by atoms with van der Waals surface area (Å²) in [4.78, 5) is 10.9. The summed E-state index contributed by atoms with van der Waals surface area (Å²) in [5.41, 5.74) is 5.41. The first-order chi connectivity index (χ1) is 6.22. The molecule has 2 fully saturated rings. The SMILES string of the molecule is NC(=O)C1CCC2(CCCO2)CC1. The van der Waals surface area contributed by atoms with Crippen molar-refractivity contribution < 1.29 is 9.53 Å². The largest absolute Gasteiger partial charge is 0.375 e. The van der Waals surface area contributed by atoms with Crippen molar-refractivity contribution in [3.63, 3.8) is 0 Å². The van der Waals surface area contributed by atoms with E-state index in [1.165, 1.54) is 12.8 Å². The van der Waals surface area contributed by atoms with Gasteiger partial charge in [0.1, 0.15) is 0 Å². The zero-order valence-corrected chi connectivity index (χ0v) is 7.92. The molecule has 1 spiro atoms. The average Bonchev–Trinajstić information content (AvgIpc) is 2.54. The molecule has 2 N–H and O–H groups in total. The van der Waals surface area contributed by atoms with Crippen LogP contribution in [0.4, 0.5) is 0 Å². The minimum absolute atomic E-state index is 0.106. The highest BCUT2D eigenvalue weighted by atomic mass is 16.5. The molecule has 0 atom stereocenters. The van der Waals surface area contributed by atoms with E-state index < -0.39 is 0 Å². The number of hydrogen-bond donors (Lipinski definition) is 1. The van der Waals surface area contributed by atoms with Gasteiger partial charge < -0.3 is 10.5 Å². The zero-order valence-electron chi connectivity index (χ0n) is 7.92. The summed E-state index contributed by atoms with van der Waals surface area (Å²) in [5.74, 6) is -0.0253. The molecule has 0 bridgehead atoms. The van der Waals surface area contributed by atoms with Gasteiger partial charge in [-0.3, -0.25) is 4.79 Å². The van der Waals surface area contributed by atoms with Gasteiger partial charge in [0.25, 0.3) is 0 Å². The lowest BCUT2D eigenvalue weighted by molar-refractivity contribution is -0.125. The molecule has 0 aromatic heterocycles. The van der Waals surface area contributed by atoms with Crippen LogP contribution in [0.25, 0.3) is 0 Å².